The molecule has 22 heavy (non-hydrogen) atoms. The maximum Gasteiger partial charge on any atom is 0.387 e. The van der Waals surface area contributed by atoms with E-state index in [1.54, 1.807) is 19.1 Å². The van der Waals surface area contributed by atoms with Crippen molar-refractivity contribution in [1.82, 2.24) is 5.32 Å². The lowest BCUT2D eigenvalue weighted by molar-refractivity contribution is -0.126. The molecule has 1 aromatic rings. The minimum atomic E-state index is -2.97. The summed E-state index contributed by atoms with van der Waals surface area (Å²) in [6.45, 7) is -1.38. The Labute approximate surface area is 132 Å². The highest BCUT2D eigenvalue weighted by atomic mass is 35.5. The SMILES string of the molecule is CC(NC(=O)C(N)CC(N)=O)c1ccccc1OC(F)F.Cl. The van der Waals surface area contributed by atoms with Crippen LogP contribution in [-0.4, -0.2) is 24.5 Å². The van der Waals surface area contributed by atoms with E-state index in [4.69, 9.17) is 11.5 Å². The number of rotatable bonds is 7. The number of para-hydroxylation sites is 1. The average Bonchev–Trinajstić information content (AvgIpc) is 2.37. The van der Waals surface area contributed by atoms with Crippen molar-refractivity contribution in [1.29, 1.82) is 0 Å². The number of amides is 2. The normalized spacial score (nSPS) is 13.0. The van der Waals surface area contributed by atoms with E-state index in [-0.39, 0.29) is 24.6 Å². The van der Waals surface area contributed by atoms with Crippen molar-refractivity contribution in [2.75, 3.05) is 0 Å². The summed E-state index contributed by atoms with van der Waals surface area (Å²) in [5.41, 5.74) is 10.8. The second-order valence-corrected chi connectivity index (χ2v) is 4.42. The van der Waals surface area contributed by atoms with Crippen LogP contribution in [0, 0.1) is 0 Å². The average molecular weight is 338 g/mol. The van der Waals surface area contributed by atoms with Gasteiger partial charge in [0.25, 0.3) is 0 Å². The summed E-state index contributed by atoms with van der Waals surface area (Å²) in [5.74, 6) is -1.34. The zero-order valence-corrected chi connectivity index (χ0v) is 12.6. The Hall–Kier alpha value is -1.93. The summed E-state index contributed by atoms with van der Waals surface area (Å²) in [5, 5.41) is 2.52. The highest BCUT2D eigenvalue weighted by molar-refractivity contribution is 5.87. The van der Waals surface area contributed by atoms with Gasteiger partial charge in [0.05, 0.1) is 18.5 Å². The van der Waals surface area contributed by atoms with Crippen LogP contribution < -0.4 is 21.5 Å². The van der Waals surface area contributed by atoms with Gasteiger partial charge in [0.1, 0.15) is 5.75 Å². The predicted octanol–water partition coefficient (Wildman–Crippen LogP) is 1.09. The maximum absolute atomic E-state index is 12.3. The number of nitrogens with two attached hydrogens (primary N) is 2. The molecule has 1 aromatic carbocycles. The molecular weight excluding hydrogens is 320 g/mol. The number of benzene rings is 1. The Morgan fingerprint density at radius 2 is 1.91 bits per heavy atom. The molecule has 1 rings (SSSR count). The van der Waals surface area contributed by atoms with Crippen molar-refractivity contribution in [3.05, 3.63) is 29.8 Å². The van der Waals surface area contributed by atoms with E-state index < -0.39 is 30.5 Å². The van der Waals surface area contributed by atoms with E-state index in [2.05, 4.69) is 10.1 Å². The Morgan fingerprint density at radius 3 is 2.45 bits per heavy atom. The fraction of sp³-hybridized carbons (Fsp3) is 0.385. The molecular formula is C13H18ClF2N3O3. The molecule has 0 aliphatic heterocycles. The highest BCUT2D eigenvalue weighted by Gasteiger charge is 2.20. The van der Waals surface area contributed by atoms with Crippen LogP contribution in [0.25, 0.3) is 0 Å². The largest absolute Gasteiger partial charge is 0.434 e. The summed E-state index contributed by atoms with van der Waals surface area (Å²) in [7, 11) is 0. The second kappa shape index (κ2) is 9.16. The maximum atomic E-state index is 12.3. The number of carbonyl (C=O) groups excluding carboxylic acids is 2. The first kappa shape index (κ1) is 20.1. The van der Waals surface area contributed by atoms with Gasteiger partial charge in [0.15, 0.2) is 0 Å². The van der Waals surface area contributed by atoms with Gasteiger partial charge in [0, 0.05) is 5.56 Å². The summed E-state index contributed by atoms with van der Waals surface area (Å²) < 4.78 is 29.0. The van der Waals surface area contributed by atoms with Crippen LogP contribution >= 0.6 is 12.4 Å². The van der Waals surface area contributed by atoms with Gasteiger partial charge in [-0.2, -0.15) is 8.78 Å². The van der Waals surface area contributed by atoms with Gasteiger partial charge in [-0.1, -0.05) is 18.2 Å². The minimum Gasteiger partial charge on any atom is -0.434 e. The minimum absolute atomic E-state index is 0. The van der Waals surface area contributed by atoms with E-state index in [1.165, 1.54) is 12.1 Å². The molecule has 0 heterocycles. The van der Waals surface area contributed by atoms with Crippen LogP contribution in [0.4, 0.5) is 8.78 Å². The zero-order chi connectivity index (χ0) is 16.0. The van der Waals surface area contributed by atoms with Gasteiger partial charge in [-0.15, -0.1) is 12.4 Å². The number of carbonyl (C=O) groups is 2. The van der Waals surface area contributed by atoms with Crippen molar-refractivity contribution in [3.8, 4) is 5.75 Å². The number of primary amides is 1. The van der Waals surface area contributed by atoms with Gasteiger partial charge >= 0.3 is 6.61 Å². The third kappa shape index (κ3) is 6.23. The second-order valence-electron chi connectivity index (χ2n) is 4.42. The van der Waals surface area contributed by atoms with Gasteiger partial charge in [0.2, 0.25) is 11.8 Å². The number of ether oxygens (including phenoxy) is 1. The van der Waals surface area contributed by atoms with Crippen LogP contribution in [0.5, 0.6) is 5.75 Å². The molecule has 6 nitrogen and oxygen atoms in total. The molecule has 2 unspecified atom stereocenters. The number of hydrogen-bond donors (Lipinski definition) is 3. The van der Waals surface area contributed by atoms with Gasteiger partial charge in [-0.05, 0) is 13.0 Å². The van der Waals surface area contributed by atoms with E-state index in [9.17, 15) is 18.4 Å². The Balaban J connectivity index is 0.00000441. The van der Waals surface area contributed by atoms with Crippen molar-refractivity contribution in [3.63, 3.8) is 0 Å². The molecule has 0 aliphatic carbocycles. The molecule has 0 bridgehead atoms. The molecule has 0 aliphatic rings. The molecule has 124 valence electrons. The third-order valence-electron chi connectivity index (χ3n) is 2.72. The number of alkyl halides is 2. The Bertz CT molecular complexity index is 517. The van der Waals surface area contributed by atoms with Gasteiger partial charge in [-0.3, -0.25) is 9.59 Å². The number of nitrogens with one attached hydrogen (secondary N) is 1. The van der Waals surface area contributed by atoms with Crippen molar-refractivity contribution in [2.45, 2.75) is 32.0 Å². The van der Waals surface area contributed by atoms with Gasteiger partial charge < -0.3 is 21.5 Å². The van der Waals surface area contributed by atoms with Crippen molar-refractivity contribution in [2.24, 2.45) is 11.5 Å². The molecule has 9 heteroatoms. The fourth-order valence-electron chi connectivity index (χ4n) is 1.75. The van der Waals surface area contributed by atoms with Gasteiger partial charge in [-0.25, -0.2) is 0 Å². The van der Waals surface area contributed by atoms with Crippen LogP contribution in [0.15, 0.2) is 24.3 Å². The molecule has 2 amide bonds. The lowest BCUT2D eigenvalue weighted by Crippen LogP contribution is -2.43. The van der Waals surface area contributed by atoms with Crippen molar-refractivity contribution >= 4 is 24.2 Å². The van der Waals surface area contributed by atoms with E-state index >= 15 is 0 Å². The first-order chi connectivity index (χ1) is 9.81. The summed E-state index contributed by atoms with van der Waals surface area (Å²) >= 11 is 0. The van der Waals surface area contributed by atoms with E-state index in [0.29, 0.717) is 5.56 Å². The summed E-state index contributed by atoms with van der Waals surface area (Å²) in [6, 6.07) is 4.36. The molecule has 0 aromatic heterocycles. The van der Waals surface area contributed by atoms with E-state index in [1.807, 2.05) is 0 Å². The molecule has 0 radical (unpaired) electrons. The molecule has 0 spiro atoms. The molecule has 2 atom stereocenters. The van der Waals surface area contributed by atoms with Crippen LogP contribution in [0.2, 0.25) is 0 Å². The monoisotopic (exact) mass is 337 g/mol. The predicted molar refractivity (Wildman–Crippen MR) is 78.7 cm³/mol. The number of hydrogen-bond acceptors (Lipinski definition) is 4. The third-order valence-corrected chi connectivity index (χ3v) is 2.72. The topological polar surface area (TPSA) is 107 Å². The summed E-state index contributed by atoms with van der Waals surface area (Å²) in [6.07, 6.45) is -0.298. The number of halogens is 3. The standard InChI is InChI=1S/C13H17F2N3O3.ClH/c1-7(18-12(20)9(16)6-11(17)19)8-4-2-3-5-10(8)21-13(14)15;/h2-5,7,9,13H,6,16H2,1H3,(H2,17,19)(H,18,20);1H. The first-order valence-electron chi connectivity index (χ1n) is 6.19. The Morgan fingerprint density at radius 1 is 1.32 bits per heavy atom. The molecule has 0 saturated carbocycles. The highest BCUT2D eigenvalue weighted by Crippen LogP contribution is 2.26. The fourth-order valence-corrected chi connectivity index (χ4v) is 1.75. The van der Waals surface area contributed by atoms with Crippen LogP contribution in [0.1, 0.15) is 24.9 Å². The quantitative estimate of drug-likeness (QED) is 0.692. The Kier molecular flexibility index (Phi) is 8.36. The van der Waals surface area contributed by atoms with E-state index in [0.717, 1.165) is 0 Å². The lowest BCUT2D eigenvalue weighted by atomic mass is 10.1. The van der Waals surface area contributed by atoms with Crippen molar-refractivity contribution < 1.29 is 23.1 Å². The first-order valence-corrected chi connectivity index (χ1v) is 6.19. The smallest absolute Gasteiger partial charge is 0.387 e. The van der Waals surface area contributed by atoms with Crippen LogP contribution in [0.3, 0.4) is 0 Å². The molecule has 0 fully saturated rings. The zero-order valence-electron chi connectivity index (χ0n) is 11.8. The summed E-state index contributed by atoms with van der Waals surface area (Å²) in [4.78, 5) is 22.5. The molecule has 5 N–H and O–H groups in total. The molecule has 0 saturated heterocycles. The van der Waals surface area contributed by atoms with Crippen LogP contribution in [-0.2, 0) is 9.59 Å². The lowest BCUT2D eigenvalue weighted by Gasteiger charge is -2.19.